The van der Waals surface area contributed by atoms with E-state index < -0.39 is 0 Å². The largest absolute Gasteiger partial charge is 0.456 e. The van der Waals surface area contributed by atoms with E-state index in [1.807, 2.05) is 48.5 Å². The molecule has 0 amide bonds. The molecule has 0 radical (unpaired) electrons. The molecule has 3 heteroatoms. The van der Waals surface area contributed by atoms with Gasteiger partial charge in [-0.2, -0.15) is 0 Å². The summed E-state index contributed by atoms with van der Waals surface area (Å²) >= 11 is 0. The van der Waals surface area contributed by atoms with Crippen LogP contribution in [-0.4, -0.2) is 4.57 Å². The third-order valence-electron chi connectivity index (χ3n) is 9.39. The van der Waals surface area contributed by atoms with Crippen LogP contribution in [0.4, 0.5) is 0 Å². The highest BCUT2D eigenvalue weighted by Gasteiger charge is 2.35. The Kier molecular flexibility index (Phi) is 4.82. The Morgan fingerprint density at radius 1 is 0.535 bits per heavy atom. The van der Waals surface area contributed by atoms with Crippen LogP contribution in [0, 0.1) is 0 Å². The first-order valence-electron chi connectivity index (χ1n) is 14.7. The number of aromatic nitrogens is 1. The first-order chi connectivity index (χ1) is 21.0. The average molecular weight is 554 g/mol. The molecule has 0 atom stereocenters. The second kappa shape index (κ2) is 8.56. The standard InChI is InChI=1S/C40H27NO2/c1-40(2)32-13-8-12-29-28-11-6-7-14-34(28)41(38(29)32)35-19-16-26(22-33(35)40)25-17-20-36-31(21-25)39(42)30-18-15-27(23-37(30)43-36)24-9-4-3-5-10-24/h3-23H,1-2H3. The summed E-state index contributed by atoms with van der Waals surface area (Å²) in [7, 11) is 0. The number of rotatable bonds is 2. The predicted molar refractivity (Wildman–Crippen MR) is 177 cm³/mol. The minimum atomic E-state index is -0.197. The molecular formula is C40H27NO2. The van der Waals surface area contributed by atoms with Gasteiger partial charge in [0.05, 0.1) is 27.5 Å². The van der Waals surface area contributed by atoms with Gasteiger partial charge in [-0.05, 0) is 75.8 Å². The van der Waals surface area contributed by atoms with Crippen molar-refractivity contribution in [2.45, 2.75) is 19.3 Å². The molecule has 3 heterocycles. The average Bonchev–Trinajstić information content (AvgIpc) is 3.39. The number of hydrogen-bond acceptors (Lipinski definition) is 2. The minimum Gasteiger partial charge on any atom is -0.456 e. The Labute approximate surface area is 248 Å². The molecular weight excluding hydrogens is 526 g/mol. The SMILES string of the molecule is CC1(C)c2cc(-c3ccc4oc5cc(-c6ccccc6)ccc5c(=O)c4c3)ccc2-n2c3ccccc3c3cccc1c32. The van der Waals surface area contributed by atoms with Gasteiger partial charge in [-0.3, -0.25) is 4.79 Å². The van der Waals surface area contributed by atoms with E-state index >= 15 is 0 Å². The van der Waals surface area contributed by atoms with Gasteiger partial charge in [0.15, 0.2) is 0 Å². The lowest BCUT2D eigenvalue weighted by molar-refractivity contribution is 0.630. The van der Waals surface area contributed by atoms with Crippen molar-refractivity contribution < 1.29 is 4.42 Å². The monoisotopic (exact) mass is 553 g/mol. The minimum absolute atomic E-state index is 0.00821. The Balaban J connectivity index is 1.22. The van der Waals surface area contributed by atoms with Crippen LogP contribution in [0.25, 0.3) is 71.7 Å². The lowest BCUT2D eigenvalue weighted by atomic mass is 9.74. The number of benzene rings is 6. The van der Waals surface area contributed by atoms with Crippen molar-refractivity contribution in [1.82, 2.24) is 4.57 Å². The number of hydrogen-bond donors (Lipinski definition) is 0. The molecule has 0 unspecified atom stereocenters. The zero-order valence-electron chi connectivity index (χ0n) is 23.9. The molecule has 204 valence electrons. The summed E-state index contributed by atoms with van der Waals surface area (Å²) in [6.07, 6.45) is 0. The fourth-order valence-electron chi connectivity index (χ4n) is 7.17. The van der Waals surface area contributed by atoms with Crippen LogP contribution in [0.3, 0.4) is 0 Å². The molecule has 8 aromatic rings. The van der Waals surface area contributed by atoms with Crippen molar-refractivity contribution in [3.05, 3.63) is 149 Å². The van der Waals surface area contributed by atoms with Gasteiger partial charge < -0.3 is 8.98 Å². The first kappa shape index (κ1) is 24.2. The van der Waals surface area contributed by atoms with E-state index in [1.165, 1.54) is 38.6 Å². The molecule has 6 aromatic carbocycles. The maximum absolute atomic E-state index is 13.7. The fourth-order valence-corrected chi connectivity index (χ4v) is 7.17. The van der Waals surface area contributed by atoms with Crippen LogP contribution >= 0.6 is 0 Å². The molecule has 1 aliphatic rings. The van der Waals surface area contributed by atoms with Crippen molar-refractivity contribution in [2.75, 3.05) is 0 Å². The van der Waals surface area contributed by atoms with Crippen LogP contribution in [0.5, 0.6) is 0 Å². The highest BCUT2D eigenvalue weighted by Crippen LogP contribution is 2.48. The van der Waals surface area contributed by atoms with Crippen molar-refractivity contribution in [1.29, 1.82) is 0 Å². The number of fused-ring (bicyclic) bond motifs is 7. The number of nitrogens with zero attached hydrogens (tertiary/aromatic N) is 1. The van der Waals surface area contributed by atoms with Crippen molar-refractivity contribution >= 4 is 43.7 Å². The Morgan fingerprint density at radius 3 is 2.14 bits per heavy atom. The van der Waals surface area contributed by atoms with Crippen LogP contribution in [0.2, 0.25) is 0 Å². The maximum atomic E-state index is 13.7. The highest BCUT2D eigenvalue weighted by molar-refractivity contribution is 6.11. The van der Waals surface area contributed by atoms with Crippen LogP contribution < -0.4 is 5.43 Å². The van der Waals surface area contributed by atoms with Crippen molar-refractivity contribution in [3.63, 3.8) is 0 Å². The summed E-state index contributed by atoms with van der Waals surface area (Å²) in [5.41, 5.74) is 11.5. The topological polar surface area (TPSA) is 35.1 Å². The smallest absolute Gasteiger partial charge is 0.200 e. The molecule has 0 saturated carbocycles. The van der Waals surface area contributed by atoms with Gasteiger partial charge in [0.1, 0.15) is 11.2 Å². The molecule has 2 aromatic heterocycles. The third kappa shape index (κ3) is 3.33. The fraction of sp³-hybridized carbons (Fsp3) is 0.0750. The molecule has 0 N–H and O–H groups in total. The van der Waals surface area contributed by atoms with Gasteiger partial charge in [0.2, 0.25) is 5.43 Å². The van der Waals surface area contributed by atoms with E-state index in [4.69, 9.17) is 4.42 Å². The molecule has 9 rings (SSSR count). The van der Waals surface area contributed by atoms with Gasteiger partial charge in [-0.15, -0.1) is 0 Å². The molecule has 0 aliphatic carbocycles. The highest BCUT2D eigenvalue weighted by atomic mass is 16.3. The van der Waals surface area contributed by atoms with E-state index in [0.29, 0.717) is 21.9 Å². The van der Waals surface area contributed by atoms with Crippen molar-refractivity contribution in [3.8, 4) is 27.9 Å². The van der Waals surface area contributed by atoms with Crippen LogP contribution in [0.1, 0.15) is 25.0 Å². The molecule has 3 nitrogen and oxygen atoms in total. The van der Waals surface area contributed by atoms with Gasteiger partial charge in [-0.25, -0.2) is 0 Å². The van der Waals surface area contributed by atoms with Gasteiger partial charge in [0.25, 0.3) is 0 Å². The first-order valence-corrected chi connectivity index (χ1v) is 14.7. The summed E-state index contributed by atoms with van der Waals surface area (Å²) in [6.45, 7) is 4.63. The van der Waals surface area contributed by atoms with Gasteiger partial charge in [-0.1, -0.05) is 98.8 Å². The molecule has 1 aliphatic heterocycles. The van der Waals surface area contributed by atoms with Crippen LogP contribution in [-0.2, 0) is 5.41 Å². The van der Waals surface area contributed by atoms with Gasteiger partial charge in [0, 0.05) is 16.2 Å². The normalized spacial score (nSPS) is 13.6. The molecule has 0 bridgehead atoms. The quantitative estimate of drug-likeness (QED) is 0.200. The second-order valence-corrected chi connectivity index (χ2v) is 12.1. The zero-order valence-corrected chi connectivity index (χ0v) is 23.9. The Hall–Kier alpha value is -5.41. The summed E-state index contributed by atoms with van der Waals surface area (Å²) < 4.78 is 8.73. The Bertz CT molecular complexity index is 2500. The second-order valence-electron chi connectivity index (χ2n) is 12.1. The molecule has 43 heavy (non-hydrogen) atoms. The summed E-state index contributed by atoms with van der Waals surface area (Å²) in [5.74, 6) is 0. The predicted octanol–water partition coefficient (Wildman–Crippen LogP) is 10.0. The lowest BCUT2D eigenvalue weighted by Gasteiger charge is -2.35. The zero-order chi connectivity index (χ0) is 28.9. The van der Waals surface area contributed by atoms with Gasteiger partial charge >= 0.3 is 0 Å². The molecule has 0 saturated heterocycles. The summed E-state index contributed by atoms with van der Waals surface area (Å²) in [6, 6.07) is 44.1. The Morgan fingerprint density at radius 2 is 1.26 bits per heavy atom. The van der Waals surface area contributed by atoms with E-state index in [1.54, 1.807) is 0 Å². The third-order valence-corrected chi connectivity index (χ3v) is 9.39. The van der Waals surface area contributed by atoms with E-state index in [-0.39, 0.29) is 10.8 Å². The van der Waals surface area contributed by atoms with E-state index in [9.17, 15) is 4.79 Å². The number of para-hydroxylation sites is 2. The molecule has 0 spiro atoms. The lowest BCUT2D eigenvalue weighted by Crippen LogP contribution is -2.26. The van der Waals surface area contributed by atoms with Crippen LogP contribution in [0.15, 0.2) is 137 Å². The molecule has 0 fully saturated rings. The summed E-state index contributed by atoms with van der Waals surface area (Å²) in [4.78, 5) is 13.7. The maximum Gasteiger partial charge on any atom is 0.200 e. The van der Waals surface area contributed by atoms with E-state index in [2.05, 4.69) is 97.3 Å². The summed E-state index contributed by atoms with van der Waals surface area (Å²) in [5, 5.41) is 3.76. The van der Waals surface area contributed by atoms with Crippen molar-refractivity contribution in [2.24, 2.45) is 0 Å². The van der Waals surface area contributed by atoms with E-state index in [0.717, 1.165) is 22.3 Å².